The van der Waals surface area contributed by atoms with Crippen LogP contribution in [0, 0.1) is 11.8 Å². The molecule has 67 heavy (non-hydrogen) atoms. The van der Waals surface area contributed by atoms with Crippen LogP contribution in [0.3, 0.4) is 0 Å². The minimum Gasteiger partial charge on any atom is -0.457 e. The van der Waals surface area contributed by atoms with E-state index in [4.69, 9.17) is 24.7 Å². The van der Waals surface area contributed by atoms with Gasteiger partial charge < -0.3 is 4.74 Å². The molecule has 0 spiro atoms. The predicted octanol–water partition coefficient (Wildman–Crippen LogP) is 18.1. The number of rotatable bonds is 32. The molecular weight excluding hydrogens is 817 g/mol. The minimum absolute atomic E-state index is 0.478. The molecule has 4 aromatic rings. The quantitative estimate of drug-likeness (QED) is 0.0457. The van der Waals surface area contributed by atoms with Gasteiger partial charge in [-0.15, -0.1) is 0 Å². The van der Waals surface area contributed by atoms with E-state index in [-0.39, 0.29) is 0 Å². The van der Waals surface area contributed by atoms with Crippen molar-refractivity contribution in [2.75, 3.05) is 0 Å². The molecule has 368 valence electrons. The van der Waals surface area contributed by atoms with Crippen LogP contribution in [0.5, 0.6) is 11.5 Å². The van der Waals surface area contributed by atoms with Crippen LogP contribution in [-0.4, -0.2) is 19.9 Å². The normalized spacial score (nSPS) is 18.6. The summed E-state index contributed by atoms with van der Waals surface area (Å²) in [6.45, 7) is 9.19. The summed E-state index contributed by atoms with van der Waals surface area (Å²) in [5.74, 6) is 6.53. The van der Waals surface area contributed by atoms with Crippen molar-refractivity contribution in [2.45, 2.75) is 258 Å². The van der Waals surface area contributed by atoms with Crippen LogP contribution in [0.1, 0.15) is 264 Å². The molecule has 2 heterocycles. The van der Waals surface area contributed by atoms with Gasteiger partial charge in [0.2, 0.25) is 0 Å². The highest BCUT2D eigenvalue weighted by molar-refractivity contribution is 5.45. The van der Waals surface area contributed by atoms with Crippen LogP contribution < -0.4 is 4.74 Å². The third-order valence-corrected chi connectivity index (χ3v) is 15.6. The van der Waals surface area contributed by atoms with Gasteiger partial charge in [0.25, 0.3) is 0 Å². The molecule has 0 atom stereocenters. The molecule has 2 aromatic carbocycles. The van der Waals surface area contributed by atoms with E-state index in [0.29, 0.717) is 23.7 Å². The number of hydrogen-bond donors (Lipinski definition) is 0. The van der Waals surface area contributed by atoms with Gasteiger partial charge in [0.05, 0.1) is 0 Å². The molecule has 0 saturated heterocycles. The number of unbranched alkanes of at least 4 members (excludes halogenated alkanes) is 16. The van der Waals surface area contributed by atoms with Crippen molar-refractivity contribution >= 4 is 0 Å². The Morgan fingerprint density at radius 3 is 1.06 bits per heavy atom. The van der Waals surface area contributed by atoms with Crippen LogP contribution in [0.25, 0.3) is 0 Å². The summed E-state index contributed by atoms with van der Waals surface area (Å²) < 4.78 is 7.13. The lowest BCUT2D eigenvalue weighted by molar-refractivity contribution is 0.312. The number of aryl methyl sites for hydroxylation is 4. The second kappa shape index (κ2) is 30.8. The van der Waals surface area contributed by atoms with E-state index in [9.17, 15) is 0 Å². The smallest absolute Gasteiger partial charge is 0.131 e. The van der Waals surface area contributed by atoms with E-state index in [1.165, 1.54) is 213 Å². The van der Waals surface area contributed by atoms with Crippen molar-refractivity contribution in [2.24, 2.45) is 11.8 Å². The molecule has 6 rings (SSSR count). The molecule has 5 nitrogen and oxygen atoms in total. The first-order chi connectivity index (χ1) is 33.0. The lowest BCUT2D eigenvalue weighted by Crippen LogP contribution is -2.18. The van der Waals surface area contributed by atoms with E-state index in [1.54, 1.807) is 0 Å². The van der Waals surface area contributed by atoms with Gasteiger partial charge in [-0.3, -0.25) is 0 Å². The van der Waals surface area contributed by atoms with Crippen LogP contribution in [0.15, 0.2) is 61.2 Å². The molecule has 0 N–H and O–H groups in total. The number of benzene rings is 2. The average Bonchev–Trinajstić information content (AvgIpc) is 3.36. The van der Waals surface area contributed by atoms with Crippen LogP contribution in [-0.2, 0) is 38.5 Å². The Hall–Kier alpha value is -3.60. The summed E-state index contributed by atoms with van der Waals surface area (Å²) in [4.78, 5) is 19.7. The van der Waals surface area contributed by atoms with Gasteiger partial charge in [0, 0.05) is 36.6 Å². The Morgan fingerprint density at radius 1 is 0.373 bits per heavy atom. The SMILES string of the molecule is CCCCCCCCCCc1cnc([C@H]2CC[C@H](Cc3cc(CCCC)ccc3Oc3ccc(CCCC)cc3C[C@H]3CC[C@H](c4ncc(CCCCCCCCCC)cn4)CC3)CC2)nc1. The largest absolute Gasteiger partial charge is 0.457 e. The summed E-state index contributed by atoms with van der Waals surface area (Å²) in [5, 5.41) is 0. The van der Waals surface area contributed by atoms with Gasteiger partial charge in [-0.05, 0) is 173 Å². The van der Waals surface area contributed by atoms with Gasteiger partial charge in [-0.25, -0.2) is 19.9 Å². The maximum absolute atomic E-state index is 7.13. The zero-order valence-electron chi connectivity index (χ0n) is 43.3. The predicted molar refractivity (Wildman–Crippen MR) is 284 cm³/mol. The Labute approximate surface area is 410 Å². The molecule has 0 unspecified atom stereocenters. The van der Waals surface area contributed by atoms with Gasteiger partial charge in [0.15, 0.2) is 0 Å². The Morgan fingerprint density at radius 2 is 0.701 bits per heavy atom. The molecule has 2 saturated carbocycles. The molecule has 5 heteroatoms. The van der Waals surface area contributed by atoms with Crippen LogP contribution in [0.2, 0.25) is 0 Å². The maximum atomic E-state index is 7.13. The van der Waals surface area contributed by atoms with E-state index in [2.05, 4.69) is 88.9 Å². The topological polar surface area (TPSA) is 60.8 Å². The van der Waals surface area contributed by atoms with Gasteiger partial charge >= 0.3 is 0 Å². The van der Waals surface area contributed by atoms with Crippen molar-refractivity contribution in [3.8, 4) is 11.5 Å². The molecule has 0 radical (unpaired) electrons. The highest BCUT2D eigenvalue weighted by Gasteiger charge is 2.27. The monoisotopic (exact) mass is 911 g/mol. The van der Waals surface area contributed by atoms with Crippen LogP contribution in [0.4, 0.5) is 0 Å². The second-order valence-corrected chi connectivity index (χ2v) is 21.4. The van der Waals surface area contributed by atoms with Crippen molar-refractivity contribution in [1.29, 1.82) is 0 Å². The standard InChI is InChI=1S/C62H94N4O/c1-5-9-13-15-17-19-21-23-27-53-45-63-61(64-46-53)55-35-29-51(30-36-55)43-57-41-49(25-11-7-3)33-39-59(57)67-60-40-34-50(26-12-8-4)42-58(60)44-52-31-37-56(38-32-52)62-65-47-54(48-66-62)28-24-22-20-18-16-14-10-6-2/h33-34,39-42,45-48,51-52,55-56H,5-32,35-38,43-44H2,1-4H3/t51-,52-,55-,56-. The Kier molecular flexibility index (Phi) is 24.3. The van der Waals surface area contributed by atoms with E-state index in [1.807, 2.05) is 0 Å². The highest BCUT2D eigenvalue weighted by Crippen LogP contribution is 2.41. The van der Waals surface area contributed by atoms with Crippen molar-refractivity contribution < 1.29 is 4.74 Å². The molecule has 0 amide bonds. The second-order valence-electron chi connectivity index (χ2n) is 21.4. The minimum atomic E-state index is 0.478. The number of hydrogen-bond acceptors (Lipinski definition) is 5. The third-order valence-electron chi connectivity index (χ3n) is 15.6. The lowest BCUT2D eigenvalue weighted by atomic mass is 9.78. The fraction of sp³-hybridized carbons (Fsp3) is 0.677. The highest BCUT2D eigenvalue weighted by atomic mass is 16.5. The summed E-state index contributed by atoms with van der Waals surface area (Å²) >= 11 is 0. The molecular formula is C62H94N4O. The summed E-state index contributed by atoms with van der Waals surface area (Å²) in [6, 6.07) is 14.3. The zero-order valence-corrected chi connectivity index (χ0v) is 43.3. The molecule has 2 fully saturated rings. The first-order valence-electron chi connectivity index (χ1n) is 28.6. The summed E-state index contributed by atoms with van der Waals surface area (Å²) in [7, 11) is 0. The number of nitrogens with zero attached hydrogens (tertiary/aromatic N) is 4. The van der Waals surface area contributed by atoms with Gasteiger partial charge in [-0.1, -0.05) is 155 Å². The fourth-order valence-electron chi connectivity index (χ4n) is 11.2. The lowest BCUT2D eigenvalue weighted by Gasteiger charge is -2.29. The average molecular weight is 911 g/mol. The first-order valence-corrected chi connectivity index (χ1v) is 28.6. The number of aromatic nitrogens is 4. The molecule has 0 bridgehead atoms. The third kappa shape index (κ3) is 18.7. The van der Waals surface area contributed by atoms with Crippen molar-refractivity contribution in [3.63, 3.8) is 0 Å². The Balaban J connectivity index is 1.02. The first kappa shape index (κ1) is 52.8. The van der Waals surface area contributed by atoms with Crippen LogP contribution >= 0.6 is 0 Å². The summed E-state index contributed by atoms with van der Waals surface area (Å²) in [6.07, 6.45) is 51.4. The number of ether oxygens (including phenoxy) is 1. The van der Waals surface area contributed by atoms with E-state index < -0.39 is 0 Å². The Bertz CT molecular complexity index is 1770. The maximum Gasteiger partial charge on any atom is 0.131 e. The molecule has 2 aliphatic carbocycles. The fourth-order valence-corrected chi connectivity index (χ4v) is 11.2. The van der Waals surface area contributed by atoms with Gasteiger partial charge in [-0.2, -0.15) is 0 Å². The van der Waals surface area contributed by atoms with E-state index in [0.717, 1.165) is 61.7 Å². The van der Waals surface area contributed by atoms with E-state index >= 15 is 0 Å². The van der Waals surface area contributed by atoms with Gasteiger partial charge in [0.1, 0.15) is 23.1 Å². The molecule has 2 aliphatic rings. The van der Waals surface area contributed by atoms with Crippen molar-refractivity contribution in [1.82, 2.24) is 19.9 Å². The zero-order chi connectivity index (χ0) is 46.7. The summed E-state index contributed by atoms with van der Waals surface area (Å²) in [5.41, 5.74) is 8.30. The molecule has 0 aliphatic heterocycles. The van der Waals surface area contributed by atoms with Crippen molar-refractivity contribution in [3.05, 3.63) is 106 Å². The molecule has 2 aromatic heterocycles.